The van der Waals surface area contributed by atoms with Gasteiger partial charge in [-0.25, -0.2) is 0 Å². The Bertz CT molecular complexity index is 313. The van der Waals surface area contributed by atoms with Gasteiger partial charge in [0.25, 0.3) is 0 Å². The molecule has 1 atom stereocenters. The monoisotopic (exact) mass is 260 g/mol. The van der Waals surface area contributed by atoms with Crippen molar-refractivity contribution in [3.05, 3.63) is 34.9 Å². The first-order valence-corrected chi connectivity index (χ1v) is 5.83. The van der Waals surface area contributed by atoms with Gasteiger partial charge in [-0.15, -0.1) is 12.4 Å². The topological polar surface area (TPSA) is 15.3 Å². The molecule has 1 N–H and O–H groups in total. The maximum absolute atomic E-state index is 5.86. The Labute approximate surface area is 108 Å². The fourth-order valence-corrected chi connectivity index (χ4v) is 2.07. The Hall–Kier alpha value is -0.280. The zero-order valence-electron chi connectivity index (χ0n) is 9.45. The van der Waals surface area contributed by atoms with Crippen LogP contribution < -0.4 is 5.32 Å². The molecule has 1 fully saturated rings. The largest absolute Gasteiger partial charge is 0.314 e. The molecule has 4 heteroatoms. The Morgan fingerprint density at radius 3 is 2.69 bits per heavy atom. The smallest absolute Gasteiger partial charge is 0.0406 e. The third-order valence-corrected chi connectivity index (χ3v) is 3.19. The normalized spacial score (nSPS) is 21.5. The molecule has 1 aliphatic heterocycles. The van der Waals surface area contributed by atoms with E-state index in [1.165, 1.54) is 5.56 Å². The lowest BCUT2D eigenvalue weighted by atomic mass is 10.1. The first-order valence-electron chi connectivity index (χ1n) is 5.45. The van der Waals surface area contributed by atoms with Gasteiger partial charge in [-0.3, -0.25) is 4.90 Å². The fraction of sp³-hybridized carbons (Fsp3) is 0.500. The average molecular weight is 261 g/mol. The molecule has 1 aromatic rings. The van der Waals surface area contributed by atoms with Crippen molar-refractivity contribution in [2.24, 2.45) is 0 Å². The zero-order valence-corrected chi connectivity index (χ0v) is 11.0. The number of nitrogens with one attached hydrogen (secondary N) is 1. The average Bonchev–Trinajstić information content (AvgIpc) is 2.25. The highest BCUT2D eigenvalue weighted by Crippen LogP contribution is 2.13. The van der Waals surface area contributed by atoms with Crippen LogP contribution in [0.25, 0.3) is 0 Å². The Kier molecular flexibility index (Phi) is 5.56. The van der Waals surface area contributed by atoms with Crippen molar-refractivity contribution in [1.82, 2.24) is 10.2 Å². The van der Waals surface area contributed by atoms with Crippen LogP contribution in [0.4, 0.5) is 0 Å². The highest BCUT2D eigenvalue weighted by atomic mass is 35.5. The third kappa shape index (κ3) is 3.63. The van der Waals surface area contributed by atoms with E-state index in [1.54, 1.807) is 0 Å². The maximum atomic E-state index is 5.86. The molecule has 1 aliphatic rings. The predicted octanol–water partition coefficient (Wildman–Crippen LogP) is 2.56. The van der Waals surface area contributed by atoms with Crippen LogP contribution in [0.1, 0.15) is 12.5 Å². The minimum absolute atomic E-state index is 0. The van der Waals surface area contributed by atoms with Gasteiger partial charge >= 0.3 is 0 Å². The lowest BCUT2D eigenvalue weighted by Crippen LogP contribution is -2.49. The van der Waals surface area contributed by atoms with Crippen molar-refractivity contribution in [2.45, 2.75) is 19.5 Å². The third-order valence-electron chi connectivity index (χ3n) is 2.94. The number of hydrogen-bond donors (Lipinski definition) is 1. The van der Waals surface area contributed by atoms with Crippen LogP contribution in [0.5, 0.6) is 0 Å². The van der Waals surface area contributed by atoms with Gasteiger partial charge in [0.1, 0.15) is 0 Å². The van der Waals surface area contributed by atoms with Gasteiger partial charge in [-0.1, -0.05) is 23.7 Å². The molecule has 0 aliphatic carbocycles. The van der Waals surface area contributed by atoms with E-state index >= 15 is 0 Å². The van der Waals surface area contributed by atoms with E-state index in [0.29, 0.717) is 6.04 Å². The van der Waals surface area contributed by atoms with Crippen LogP contribution >= 0.6 is 24.0 Å². The van der Waals surface area contributed by atoms with E-state index < -0.39 is 0 Å². The quantitative estimate of drug-likeness (QED) is 0.880. The van der Waals surface area contributed by atoms with E-state index in [0.717, 1.165) is 31.2 Å². The Balaban J connectivity index is 0.00000128. The van der Waals surface area contributed by atoms with E-state index in [-0.39, 0.29) is 12.4 Å². The Morgan fingerprint density at radius 2 is 2.06 bits per heavy atom. The molecule has 1 aromatic carbocycles. The fourth-order valence-electron chi connectivity index (χ4n) is 1.94. The summed E-state index contributed by atoms with van der Waals surface area (Å²) in [5, 5.41) is 4.21. The van der Waals surface area contributed by atoms with E-state index in [1.807, 2.05) is 12.1 Å². The molecule has 2 nitrogen and oxygen atoms in total. The van der Waals surface area contributed by atoms with Gasteiger partial charge in [0.05, 0.1) is 0 Å². The summed E-state index contributed by atoms with van der Waals surface area (Å²) in [7, 11) is 0. The van der Waals surface area contributed by atoms with E-state index in [4.69, 9.17) is 11.6 Å². The molecule has 0 amide bonds. The number of hydrogen-bond acceptors (Lipinski definition) is 2. The summed E-state index contributed by atoms with van der Waals surface area (Å²) >= 11 is 5.86. The minimum atomic E-state index is 0. The van der Waals surface area contributed by atoms with Gasteiger partial charge in [0.2, 0.25) is 0 Å². The standard InChI is InChI=1S/C12H17ClN2.ClH/c1-10-8-14-6-7-15(10)9-11-2-4-12(13)5-3-11;/h2-5,10,14H,6-9H2,1H3;1H/t10-;/m0./s1. The van der Waals surface area contributed by atoms with Crippen LogP contribution in [0.3, 0.4) is 0 Å². The summed E-state index contributed by atoms with van der Waals surface area (Å²) in [6.45, 7) is 6.61. The van der Waals surface area contributed by atoms with Crippen molar-refractivity contribution in [3.8, 4) is 0 Å². The zero-order chi connectivity index (χ0) is 10.7. The molecular formula is C12H18Cl2N2. The van der Waals surface area contributed by atoms with Gasteiger partial charge in [0, 0.05) is 37.2 Å². The maximum Gasteiger partial charge on any atom is 0.0406 e. The lowest BCUT2D eigenvalue weighted by molar-refractivity contribution is 0.165. The van der Waals surface area contributed by atoms with Crippen LogP contribution in [0.2, 0.25) is 5.02 Å². The number of rotatable bonds is 2. The van der Waals surface area contributed by atoms with Gasteiger partial charge in [-0.05, 0) is 24.6 Å². The lowest BCUT2D eigenvalue weighted by Gasteiger charge is -2.33. The van der Waals surface area contributed by atoms with Gasteiger partial charge in [0.15, 0.2) is 0 Å². The molecule has 0 aromatic heterocycles. The molecule has 0 unspecified atom stereocenters. The number of piperazine rings is 1. The molecule has 0 radical (unpaired) electrons. The highest BCUT2D eigenvalue weighted by molar-refractivity contribution is 6.30. The molecule has 16 heavy (non-hydrogen) atoms. The number of halogens is 2. The second-order valence-corrected chi connectivity index (χ2v) is 4.59. The van der Waals surface area contributed by atoms with Crippen LogP contribution in [-0.2, 0) is 6.54 Å². The first kappa shape index (κ1) is 13.8. The molecule has 0 saturated carbocycles. The first-order chi connectivity index (χ1) is 7.25. The predicted molar refractivity (Wildman–Crippen MR) is 71.4 cm³/mol. The second kappa shape index (κ2) is 6.45. The molecule has 1 heterocycles. The molecule has 0 bridgehead atoms. The van der Waals surface area contributed by atoms with Gasteiger partial charge in [-0.2, -0.15) is 0 Å². The van der Waals surface area contributed by atoms with Crippen molar-refractivity contribution in [2.75, 3.05) is 19.6 Å². The van der Waals surface area contributed by atoms with Crippen molar-refractivity contribution < 1.29 is 0 Å². The summed E-state index contributed by atoms with van der Waals surface area (Å²) in [5.41, 5.74) is 1.34. The molecule has 2 rings (SSSR count). The van der Waals surface area contributed by atoms with Gasteiger partial charge < -0.3 is 5.32 Å². The highest BCUT2D eigenvalue weighted by Gasteiger charge is 2.17. The van der Waals surface area contributed by atoms with Crippen molar-refractivity contribution in [3.63, 3.8) is 0 Å². The number of nitrogens with zero attached hydrogens (tertiary/aromatic N) is 1. The van der Waals surface area contributed by atoms with Crippen molar-refractivity contribution in [1.29, 1.82) is 0 Å². The minimum Gasteiger partial charge on any atom is -0.314 e. The summed E-state index contributed by atoms with van der Waals surface area (Å²) in [4.78, 5) is 2.50. The van der Waals surface area contributed by atoms with Crippen LogP contribution in [0, 0.1) is 0 Å². The molecule has 90 valence electrons. The van der Waals surface area contributed by atoms with Crippen LogP contribution in [0.15, 0.2) is 24.3 Å². The molecule has 0 spiro atoms. The van der Waals surface area contributed by atoms with Crippen molar-refractivity contribution >= 4 is 24.0 Å². The summed E-state index contributed by atoms with van der Waals surface area (Å²) in [6, 6.07) is 8.76. The summed E-state index contributed by atoms with van der Waals surface area (Å²) in [6.07, 6.45) is 0. The second-order valence-electron chi connectivity index (χ2n) is 4.15. The Morgan fingerprint density at radius 1 is 1.38 bits per heavy atom. The van der Waals surface area contributed by atoms with E-state index in [9.17, 15) is 0 Å². The summed E-state index contributed by atoms with van der Waals surface area (Å²) < 4.78 is 0. The number of benzene rings is 1. The molecule has 1 saturated heterocycles. The summed E-state index contributed by atoms with van der Waals surface area (Å²) in [5.74, 6) is 0. The SMILES string of the molecule is C[C@H]1CNCCN1Cc1ccc(Cl)cc1.Cl. The molecular weight excluding hydrogens is 243 g/mol. The van der Waals surface area contributed by atoms with E-state index in [2.05, 4.69) is 29.3 Å². The van der Waals surface area contributed by atoms with Crippen LogP contribution in [-0.4, -0.2) is 30.6 Å².